The number of rotatable bonds is 4. The summed E-state index contributed by atoms with van der Waals surface area (Å²) in [6.45, 7) is 5.54. The van der Waals surface area contributed by atoms with Gasteiger partial charge in [-0.1, -0.05) is 0 Å². The Hall–Kier alpha value is -2.74. The number of amides is 4. The van der Waals surface area contributed by atoms with Gasteiger partial charge in [-0.15, -0.1) is 0 Å². The monoisotopic (exact) mass is 387 g/mol. The van der Waals surface area contributed by atoms with Crippen molar-refractivity contribution in [3.8, 4) is 0 Å². The Morgan fingerprint density at radius 2 is 1.64 bits per heavy atom. The molecule has 0 aromatic heterocycles. The van der Waals surface area contributed by atoms with Gasteiger partial charge in [-0.25, -0.2) is 0 Å². The number of methoxy groups -OCH3 is 1. The predicted molar refractivity (Wildman–Crippen MR) is 101 cm³/mol. The van der Waals surface area contributed by atoms with Crippen LogP contribution in [0.2, 0.25) is 0 Å². The zero-order valence-electron chi connectivity index (χ0n) is 16.4. The maximum Gasteiger partial charge on any atom is 0.261 e. The first-order chi connectivity index (χ1) is 13.3. The lowest BCUT2D eigenvalue weighted by Crippen LogP contribution is -2.38. The largest absolute Gasteiger partial charge is 0.375 e. The van der Waals surface area contributed by atoms with Crippen LogP contribution in [0.25, 0.3) is 0 Å². The third-order valence-electron chi connectivity index (χ3n) is 5.08. The Morgan fingerprint density at radius 3 is 2.32 bits per heavy atom. The highest BCUT2D eigenvalue weighted by molar-refractivity contribution is 6.22. The molecule has 2 aliphatic rings. The van der Waals surface area contributed by atoms with Gasteiger partial charge < -0.3 is 14.5 Å². The van der Waals surface area contributed by atoms with Gasteiger partial charge in [0.15, 0.2) is 0 Å². The van der Waals surface area contributed by atoms with Gasteiger partial charge in [0, 0.05) is 44.9 Å². The lowest BCUT2D eigenvalue weighted by atomic mass is 10.0. The lowest BCUT2D eigenvalue weighted by molar-refractivity contribution is -0.135. The van der Waals surface area contributed by atoms with Gasteiger partial charge in [0.05, 0.1) is 11.1 Å². The third-order valence-corrected chi connectivity index (χ3v) is 5.08. The van der Waals surface area contributed by atoms with E-state index in [0.29, 0.717) is 43.7 Å². The molecule has 8 nitrogen and oxygen atoms in total. The van der Waals surface area contributed by atoms with Crippen molar-refractivity contribution in [2.75, 3.05) is 39.9 Å². The van der Waals surface area contributed by atoms with Crippen molar-refractivity contribution in [1.82, 2.24) is 14.7 Å². The Morgan fingerprint density at radius 1 is 1.00 bits per heavy atom. The minimum Gasteiger partial charge on any atom is -0.375 e. The van der Waals surface area contributed by atoms with Crippen LogP contribution in [-0.4, -0.2) is 84.3 Å². The molecule has 28 heavy (non-hydrogen) atoms. The number of hydrogen-bond donors (Lipinski definition) is 0. The molecular weight excluding hydrogens is 362 g/mol. The molecule has 150 valence electrons. The van der Waals surface area contributed by atoms with Crippen LogP contribution in [0.3, 0.4) is 0 Å². The molecule has 0 spiro atoms. The van der Waals surface area contributed by atoms with Crippen LogP contribution < -0.4 is 0 Å². The highest BCUT2D eigenvalue weighted by Crippen LogP contribution is 2.26. The first kappa shape index (κ1) is 20.0. The zero-order chi connectivity index (χ0) is 20.4. The van der Waals surface area contributed by atoms with Crippen LogP contribution in [-0.2, 0) is 9.53 Å². The molecule has 1 aromatic carbocycles. The summed E-state index contributed by atoms with van der Waals surface area (Å²) >= 11 is 0. The second-order valence-corrected chi connectivity index (χ2v) is 7.29. The maximum absolute atomic E-state index is 12.9. The van der Waals surface area contributed by atoms with E-state index in [0.717, 1.165) is 0 Å². The van der Waals surface area contributed by atoms with Gasteiger partial charge in [0.2, 0.25) is 5.91 Å². The summed E-state index contributed by atoms with van der Waals surface area (Å²) in [5.74, 6) is -0.979. The molecule has 0 N–H and O–H groups in total. The number of nitrogens with zero attached hydrogens (tertiary/aromatic N) is 3. The average Bonchev–Trinajstić information content (AvgIpc) is 2.83. The molecule has 1 fully saturated rings. The predicted octanol–water partition coefficient (Wildman–Crippen LogP) is 1.01. The first-order valence-corrected chi connectivity index (χ1v) is 9.43. The molecule has 2 heterocycles. The Bertz CT molecular complexity index is 820. The van der Waals surface area contributed by atoms with Crippen molar-refractivity contribution in [3.05, 3.63) is 34.9 Å². The van der Waals surface area contributed by atoms with E-state index in [1.54, 1.807) is 35.8 Å². The smallest absolute Gasteiger partial charge is 0.261 e. The first-order valence-electron chi connectivity index (χ1n) is 9.43. The summed E-state index contributed by atoms with van der Waals surface area (Å²) in [5, 5.41) is 0. The average molecular weight is 387 g/mol. The molecule has 0 bridgehead atoms. The number of ether oxygens (including phenoxy) is 1. The van der Waals surface area contributed by atoms with E-state index in [-0.39, 0.29) is 41.8 Å². The van der Waals surface area contributed by atoms with Crippen LogP contribution in [0, 0.1) is 0 Å². The molecule has 8 heteroatoms. The van der Waals surface area contributed by atoms with Crippen molar-refractivity contribution in [2.45, 2.75) is 26.3 Å². The van der Waals surface area contributed by atoms with Gasteiger partial charge in [0.25, 0.3) is 17.7 Å². The van der Waals surface area contributed by atoms with Crippen LogP contribution in [0.4, 0.5) is 0 Å². The summed E-state index contributed by atoms with van der Waals surface area (Å²) < 4.78 is 4.89. The fourth-order valence-electron chi connectivity index (χ4n) is 3.63. The zero-order valence-corrected chi connectivity index (χ0v) is 16.4. The molecule has 1 saturated heterocycles. The summed E-state index contributed by atoms with van der Waals surface area (Å²) in [6.07, 6.45) is 0.671. The van der Waals surface area contributed by atoms with Gasteiger partial charge in [0.1, 0.15) is 6.61 Å². The quantitative estimate of drug-likeness (QED) is 0.720. The SMILES string of the molecule is COCC(=O)N1CCCN(C(=O)c2ccc3c(c2)C(=O)N(C(C)C)C3=O)CC1. The van der Waals surface area contributed by atoms with E-state index >= 15 is 0 Å². The number of hydrogen-bond acceptors (Lipinski definition) is 5. The van der Waals surface area contributed by atoms with E-state index < -0.39 is 0 Å². The fraction of sp³-hybridized carbons (Fsp3) is 0.500. The van der Waals surface area contributed by atoms with Gasteiger partial charge in [-0.3, -0.25) is 24.1 Å². The van der Waals surface area contributed by atoms with Crippen molar-refractivity contribution < 1.29 is 23.9 Å². The Kier molecular flexibility index (Phi) is 5.79. The minimum atomic E-state index is -0.364. The van der Waals surface area contributed by atoms with Crippen molar-refractivity contribution in [1.29, 1.82) is 0 Å². The Balaban J connectivity index is 1.75. The van der Waals surface area contributed by atoms with Crippen LogP contribution in [0.15, 0.2) is 18.2 Å². The highest BCUT2D eigenvalue weighted by Gasteiger charge is 2.37. The van der Waals surface area contributed by atoms with Crippen molar-refractivity contribution in [3.63, 3.8) is 0 Å². The maximum atomic E-state index is 12.9. The van der Waals surface area contributed by atoms with E-state index in [1.165, 1.54) is 18.1 Å². The van der Waals surface area contributed by atoms with E-state index in [9.17, 15) is 19.2 Å². The minimum absolute atomic E-state index is 0.0290. The third kappa shape index (κ3) is 3.64. The normalized spacial score (nSPS) is 17.2. The highest BCUT2D eigenvalue weighted by atomic mass is 16.5. The second kappa shape index (κ2) is 8.10. The van der Waals surface area contributed by atoms with Crippen molar-refractivity contribution in [2.24, 2.45) is 0 Å². The molecule has 0 unspecified atom stereocenters. The van der Waals surface area contributed by atoms with E-state index in [1.807, 2.05) is 0 Å². The molecule has 0 aliphatic carbocycles. The van der Waals surface area contributed by atoms with Gasteiger partial charge >= 0.3 is 0 Å². The fourth-order valence-corrected chi connectivity index (χ4v) is 3.63. The standard InChI is InChI=1S/C20H25N3O5/c1-13(2)23-19(26)15-6-5-14(11-16(15)20(23)27)18(25)22-8-4-7-21(9-10-22)17(24)12-28-3/h5-6,11,13H,4,7-10,12H2,1-3H3. The lowest BCUT2D eigenvalue weighted by Gasteiger charge is -2.22. The molecule has 0 atom stereocenters. The number of carbonyl (C=O) groups excluding carboxylic acids is 4. The van der Waals surface area contributed by atoms with E-state index in [4.69, 9.17) is 4.74 Å². The number of fused-ring (bicyclic) bond motifs is 1. The van der Waals surface area contributed by atoms with E-state index in [2.05, 4.69) is 0 Å². The summed E-state index contributed by atoms with van der Waals surface area (Å²) in [7, 11) is 1.48. The molecule has 4 amide bonds. The van der Waals surface area contributed by atoms with Gasteiger partial charge in [-0.2, -0.15) is 0 Å². The molecular formula is C20H25N3O5. The van der Waals surface area contributed by atoms with Crippen LogP contribution in [0.1, 0.15) is 51.3 Å². The second-order valence-electron chi connectivity index (χ2n) is 7.29. The number of benzene rings is 1. The molecule has 0 saturated carbocycles. The Labute approximate surface area is 164 Å². The number of imide groups is 1. The summed E-state index contributed by atoms with van der Waals surface area (Å²) in [4.78, 5) is 54.5. The number of carbonyl (C=O) groups is 4. The molecule has 0 radical (unpaired) electrons. The molecule has 2 aliphatic heterocycles. The summed E-state index contributed by atoms with van der Waals surface area (Å²) in [6, 6.07) is 4.42. The van der Waals surface area contributed by atoms with Crippen molar-refractivity contribution >= 4 is 23.6 Å². The summed E-state index contributed by atoms with van der Waals surface area (Å²) in [5.41, 5.74) is 0.987. The van der Waals surface area contributed by atoms with Gasteiger partial charge in [-0.05, 0) is 38.5 Å². The van der Waals surface area contributed by atoms with Crippen LogP contribution >= 0.6 is 0 Å². The topological polar surface area (TPSA) is 87.2 Å². The molecule has 1 aromatic rings. The molecule has 3 rings (SSSR count). The van der Waals surface area contributed by atoms with Crippen LogP contribution in [0.5, 0.6) is 0 Å².